The van der Waals surface area contributed by atoms with E-state index in [9.17, 15) is 4.79 Å². The number of aliphatic carboxylic acids is 1. The third-order valence-electron chi connectivity index (χ3n) is 4.96. The molecule has 0 spiro atoms. The Bertz CT molecular complexity index is 944. The number of fused-ring (bicyclic) bond motifs is 1. The molecule has 0 radical (unpaired) electrons. The standard InChI is InChI=1S/C21H25N3O2/c1-14-15(2)24(3)21-16(7-6-8-17(14)21)13-23-19-10-5-4-9-18(19)22-12-11-20(25)26/h4-10,22-23H,11-13H2,1-3H3,(H,25,26). The van der Waals surface area contributed by atoms with Crippen molar-refractivity contribution in [3.8, 4) is 0 Å². The molecule has 26 heavy (non-hydrogen) atoms. The SMILES string of the molecule is Cc1c(C)n(C)c2c(CNc3ccccc3NCCC(=O)O)cccc12. The van der Waals surface area contributed by atoms with E-state index in [4.69, 9.17) is 5.11 Å². The van der Waals surface area contributed by atoms with Gasteiger partial charge in [-0.2, -0.15) is 0 Å². The largest absolute Gasteiger partial charge is 0.481 e. The van der Waals surface area contributed by atoms with Gasteiger partial charge in [0.25, 0.3) is 0 Å². The second kappa shape index (κ2) is 7.52. The number of hydrogen-bond acceptors (Lipinski definition) is 3. The summed E-state index contributed by atoms with van der Waals surface area (Å²) in [7, 11) is 2.11. The fourth-order valence-electron chi connectivity index (χ4n) is 3.33. The lowest BCUT2D eigenvalue weighted by atomic mass is 10.1. The van der Waals surface area contributed by atoms with Crippen LogP contribution < -0.4 is 10.6 Å². The molecule has 0 aliphatic carbocycles. The lowest BCUT2D eigenvalue weighted by molar-refractivity contribution is -0.136. The topological polar surface area (TPSA) is 66.3 Å². The first kappa shape index (κ1) is 17.9. The first-order valence-corrected chi connectivity index (χ1v) is 8.81. The Morgan fingerprint density at radius 1 is 1.04 bits per heavy atom. The average molecular weight is 351 g/mol. The second-order valence-corrected chi connectivity index (χ2v) is 6.55. The molecule has 3 aromatic rings. The van der Waals surface area contributed by atoms with Crippen molar-refractivity contribution in [2.75, 3.05) is 17.2 Å². The van der Waals surface area contributed by atoms with Gasteiger partial charge in [0.05, 0.1) is 23.3 Å². The van der Waals surface area contributed by atoms with Crippen molar-refractivity contribution in [2.45, 2.75) is 26.8 Å². The van der Waals surface area contributed by atoms with E-state index < -0.39 is 5.97 Å². The first-order valence-electron chi connectivity index (χ1n) is 8.81. The number of aryl methyl sites for hydroxylation is 2. The molecule has 5 nitrogen and oxygen atoms in total. The number of hydrogen-bond donors (Lipinski definition) is 3. The summed E-state index contributed by atoms with van der Waals surface area (Å²) in [6.07, 6.45) is 0.0928. The van der Waals surface area contributed by atoms with E-state index in [1.165, 1.54) is 27.7 Å². The highest BCUT2D eigenvalue weighted by atomic mass is 16.4. The molecule has 0 bridgehead atoms. The highest BCUT2D eigenvalue weighted by Crippen LogP contribution is 2.28. The van der Waals surface area contributed by atoms with Crippen molar-refractivity contribution in [3.63, 3.8) is 0 Å². The van der Waals surface area contributed by atoms with Crippen molar-refractivity contribution in [3.05, 3.63) is 59.3 Å². The number of aromatic nitrogens is 1. The molecule has 0 fully saturated rings. The number of para-hydroxylation sites is 3. The van der Waals surface area contributed by atoms with E-state index in [-0.39, 0.29) is 6.42 Å². The second-order valence-electron chi connectivity index (χ2n) is 6.55. The molecule has 0 unspecified atom stereocenters. The molecule has 0 atom stereocenters. The van der Waals surface area contributed by atoms with Gasteiger partial charge in [-0.15, -0.1) is 0 Å². The maximum absolute atomic E-state index is 10.7. The normalized spacial score (nSPS) is 10.9. The lowest BCUT2D eigenvalue weighted by Gasteiger charge is -2.14. The van der Waals surface area contributed by atoms with Gasteiger partial charge >= 0.3 is 5.97 Å². The number of carboxylic acid groups (broad SMARTS) is 1. The van der Waals surface area contributed by atoms with Crippen LogP contribution in [0.3, 0.4) is 0 Å². The molecule has 0 saturated carbocycles. The summed E-state index contributed by atoms with van der Waals surface area (Å²) in [5.41, 5.74) is 6.98. The predicted octanol–water partition coefficient (Wildman–Crippen LogP) is 4.29. The molecule has 1 aromatic heterocycles. The Morgan fingerprint density at radius 2 is 1.73 bits per heavy atom. The monoisotopic (exact) mass is 351 g/mol. The molecule has 136 valence electrons. The van der Waals surface area contributed by atoms with E-state index >= 15 is 0 Å². The number of carbonyl (C=O) groups is 1. The van der Waals surface area contributed by atoms with Crippen LogP contribution in [0.4, 0.5) is 11.4 Å². The highest BCUT2D eigenvalue weighted by molar-refractivity contribution is 5.88. The Balaban J connectivity index is 1.81. The zero-order valence-corrected chi connectivity index (χ0v) is 15.5. The van der Waals surface area contributed by atoms with Gasteiger partial charge in [0.1, 0.15) is 0 Å². The van der Waals surface area contributed by atoms with Crippen molar-refractivity contribution in [2.24, 2.45) is 7.05 Å². The van der Waals surface area contributed by atoms with Crippen LogP contribution in [0.5, 0.6) is 0 Å². The van der Waals surface area contributed by atoms with E-state index in [0.717, 1.165) is 11.4 Å². The number of carboxylic acids is 1. The molecular formula is C21H25N3O2. The zero-order chi connectivity index (χ0) is 18.7. The van der Waals surface area contributed by atoms with Gasteiger partial charge in [-0.05, 0) is 37.1 Å². The van der Waals surface area contributed by atoms with Gasteiger partial charge in [0.15, 0.2) is 0 Å². The molecule has 0 aliphatic heterocycles. The predicted molar refractivity (Wildman–Crippen MR) is 107 cm³/mol. The van der Waals surface area contributed by atoms with Gasteiger partial charge in [-0.1, -0.05) is 30.3 Å². The molecule has 2 aromatic carbocycles. The number of benzene rings is 2. The average Bonchev–Trinajstić information content (AvgIpc) is 2.85. The molecule has 0 amide bonds. The minimum absolute atomic E-state index is 0.0928. The molecule has 0 aliphatic rings. The maximum Gasteiger partial charge on any atom is 0.305 e. The van der Waals surface area contributed by atoms with Crippen molar-refractivity contribution in [1.82, 2.24) is 4.57 Å². The van der Waals surface area contributed by atoms with Gasteiger partial charge in [0.2, 0.25) is 0 Å². The van der Waals surface area contributed by atoms with Crippen LogP contribution in [-0.4, -0.2) is 22.2 Å². The summed E-state index contributed by atoms with van der Waals surface area (Å²) in [6, 6.07) is 14.3. The Kier molecular flexibility index (Phi) is 5.16. The third-order valence-corrected chi connectivity index (χ3v) is 4.96. The summed E-state index contributed by atoms with van der Waals surface area (Å²) in [5.74, 6) is -0.802. The summed E-state index contributed by atoms with van der Waals surface area (Å²) in [6.45, 7) is 5.41. The molecule has 3 rings (SSSR count). The zero-order valence-electron chi connectivity index (χ0n) is 15.5. The fraction of sp³-hybridized carbons (Fsp3) is 0.286. The van der Waals surface area contributed by atoms with E-state index in [0.29, 0.717) is 13.1 Å². The highest BCUT2D eigenvalue weighted by Gasteiger charge is 2.12. The Morgan fingerprint density at radius 3 is 2.42 bits per heavy atom. The van der Waals surface area contributed by atoms with Gasteiger partial charge < -0.3 is 20.3 Å². The van der Waals surface area contributed by atoms with Gasteiger partial charge in [-0.3, -0.25) is 4.79 Å². The number of nitrogens with one attached hydrogen (secondary N) is 2. The lowest BCUT2D eigenvalue weighted by Crippen LogP contribution is -2.10. The van der Waals surface area contributed by atoms with Crippen LogP contribution in [0.2, 0.25) is 0 Å². The summed E-state index contributed by atoms with van der Waals surface area (Å²) < 4.78 is 2.25. The molecule has 1 heterocycles. The molecule has 5 heteroatoms. The van der Waals surface area contributed by atoms with Crippen molar-refractivity contribution >= 4 is 28.2 Å². The van der Waals surface area contributed by atoms with Crippen molar-refractivity contribution in [1.29, 1.82) is 0 Å². The van der Waals surface area contributed by atoms with Gasteiger partial charge in [0, 0.05) is 31.2 Å². The fourth-order valence-corrected chi connectivity index (χ4v) is 3.33. The minimum Gasteiger partial charge on any atom is -0.481 e. The van der Waals surface area contributed by atoms with Gasteiger partial charge in [-0.25, -0.2) is 0 Å². The van der Waals surface area contributed by atoms with Crippen LogP contribution in [0.1, 0.15) is 23.2 Å². The molecular weight excluding hydrogens is 326 g/mol. The van der Waals surface area contributed by atoms with Crippen LogP contribution in [0.15, 0.2) is 42.5 Å². The smallest absolute Gasteiger partial charge is 0.305 e. The van der Waals surface area contributed by atoms with E-state index in [1.807, 2.05) is 24.3 Å². The summed E-state index contributed by atoms with van der Waals surface area (Å²) >= 11 is 0. The summed E-state index contributed by atoms with van der Waals surface area (Å²) in [5, 5.41) is 16.8. The van der Waals surface area contributed by atoms with Crippen LogP contribution in [-0.2, 0) is 18.4 Å². The van der Waals surface area contributed by atoms with Crippen LogP contribution >= 0.6 is 0 Å². The summed E-state index contributed by atoms with van der Waals surface area (Å²) in [4.78, 5) is 10.7. The number of rotatable bonds is 7. The minimum atomic E-state index is -0.802. The number of anilines is 2. The maximum atomic E-state index is 10.7. The van der Waals surface area contributed by atoms with E-state index in [2.05, 4.69) is 54.3 Å². The Hall–Kier alpha value is -2.95. The van der Waals surface area contributed by atoms with Crippen molar-refractivity contribution < 1.29 is 9.90 Å². The first-order chi connectivity index (χ1) is 12.5. The van der Waals surface area contributed by atoms with Crippen LogP contribution in [0.25, 0.3) is 10.9 Å². The molecule has 3 N–H and O–H groups in total. The molecule has 0 saturated heterocycles. The quantitative estimate of drug-likeness (QED) is 0.594. The van der Waals surface area contributed by atoms with Crippen LogP contribution in [0, 0.1) is 13.8 Å². The van der Waals surface area contributed by atoms with E-state index in [1.54, 1.807) is 0 Å². The number of nitrogens with zero attached hydrogens (tertiary/aromatic N) is 1. The third kappa shape index (κ3) is 3.52. The Labute approximate surface area is 153 Å².